The number of aromatic nitrogens is 6. The average molecular weight is 409 g/mol. The Hall–Kier alpha value is -2.69. The lowest BCUT2D eigenvalue weighted by atomic mass is 9.96. The summed E-state index contributed by atoms with van der Waals surface area (Å²) in [7, 11) is 0. The Morgan fingerprint density at radius 3 is 2.62 bits per heavy atom. The van der Waals surface area contributed by atoms with Crippen molar-refractivity contribution >= 4 is 17.0 Å². The van der Waals surface area contributed by atoms with Crippen molar-refractivity contribution in [2.45, 2.75) is 51.4 Å². The summed E-state index contributed by atoms with van der Waals surface area (Å²) < 4.78 is 41.2. The second-order valence-electron chi connectivity index (χ2n) is 8.31. The van der Waals surface area contributed by atoms with E-state index in [0.29, 0.717) is 42.3 Å². The fourth-order valence-corrected chi connectivity index (χ4v) is 3.38. The summed E-state index contributed by atoms with van der Waals surface area (Å²) in [5.41, 5.74) is -0.302. The van der Waals surface area contributed by atoms with E-state index in [4.69, 9.17) is 0 Å². The van der Waals surface area contributed by atoms with Gasteiger partial charge >= 0.3 is 6.18 Å². The van der Waals surface area contributed by atoms with Gasteiger partial charge in [-0.3, -0.25) is 5.10 Å². The normalized spacial score (nSPS) is 18.2. The second-order valence-corrected chi connectivity index (χ2v) is 8.31. The van der Waals surface area contributed by atoms with E-state index < -0.39 is 17.8 Å². The van der Waals surface area contributed by atoms with Gasteiger partial charge < -0.3 is 14.6 Å². The van der Waals surface area contributed by atoms with Crippen LogP contribution < -0.4 is 4.90 Å². The molecule has 0 bridgehead atoms. The van der Waals surface area contributed by atoms with Gasteiger partial charge in [-0.1, -0.05) is 20.8 Å². The number of hydrogen-bond acceptors (Lipinski definition) is 6. The topological polar surface area (TPSA) is 95.8 Å². The lowest BCUT2D eigenvalue weighted by Crippen LogP contribution is -2.25. The second kappa shape index (κ2) is 6.68. The largest absolute Gasteiger partial charge is 0.419 e. The van der Waals surface area contributed by atoms with Gasteiger partial charge in [0.15, 0.2) is 17.0 Å². The molecule has 8 nitrogen and oxygen atoms in total. The summed E-state index contributed by atoms with van der Waals surface area (Å²) in [6.07, 6.45) is -2.08. The van der Waals surface area contributed by atoms with Gasteiger partial charge in [-0.05, 0) is 6.42 Å². The number of alkyl halides is 3. The molecule has 29 heavy (non-hydrogen) atoms. The number of aliphatic hydroxyl groups is 1. The maximum atomic E-state index is 13.2. The van der Waals surface area contributed by atoms with Crippen LogP contribution in [-0.4, -0.2) is 54.0 Å². The Morgan fingerprint density at radius 2 is 2.00 bits per heavy atom. The molecule has 1 fully saturated rings. The van der Waals surface area contributed by atoms with Crippen molar-refractivity contribution in [3.63, 3.8) is 0 Å². The summed E-state index contributed by atoms with van der Waals surface area (Å²) in [6, 6.07) is 0. The van der Waals surface area contributed by atoms with E-state index in [2.05, 4.69) is 25.1 Å². The first-order valence-corrected chi connectivity index (χ1v) is 9.30. The number of aromatic amines is 1. The Bertz CT molecular complexity index is 1030. The fraction of sp³-hybridized carbons (Fsp3) is 0.556. The Kier molecular flexibility index (Phi) is 4.52. The van der Waals surface area contributed by atoms with Crippen LogP contribution in [0.1, 0.15) is 44.3 Å². The highest BCUT2D eigenvalue weighted by atomic mass is 19.4. The smallest absolute Gasteiger partial charge is 0.391 e. The zero-order valence-electron chi connectivity index (χ0n) is 16.3. The molecule has 0 spiro atoms. The quantitative estimate of drug-likeness (QED) is 0.690. The number of nitrogens with one attached hydrogen (secondary N) is 1. The zero-order chi connectivity index (χ0) is 21.0. The summed E-state index contributed by atoms with van der Waals surface area (Å²) in [6.45, 7) is 6.86. The number of anilines is 1. The van der Waals surface area contributed by atoms with E-state index in [1.807, 2.05) is 25.7 Å². The van der Waals surface area contributed by atoms with E-state index in [-0.39, 0.29) is 17.7 Å². The maximum absolute atomic E-state index is 13.2. The zero-order valence-corrected chi connectivity index (χ0v) is 16.3. The van der Waals surface area contributed by atoms with Gasteiger partial charge in [-0.15, -0.1) is 0 Å². The van der Waals surface area contributed by atoms with Crippen LogP contribution >= 0.6 is 0 Å². The molecule has 0 aromatic carbocycles. The van der Waals surface area contributed by atoms with Crippen molar-refractivity contribution in [2.24, 2.45) is 0 Å². The predicted octanol–water partition coefficient (Wildman–Crippen LogP) is 2.48. The number of H-pyrrole nitrogens is 1. The van der Waals surface area contributed by atoms with Crippen LogP contribution in [0.5, 0.6) is 0 Å². The summed E-state index contributed by atoms with van der Waals surface area (Å²) >= 11 is 0. The molecule has 1 saturated heterocycles. The molecule has 1 unspecified atom stereocenters. The third kappa shape index (κ3) is 3.66. The van der Waals surface area contributed by atoms with E-state index in [0.717, 1.165) is 6.20 Å². The van der Waals surface area contributed by atoms with E-state index >= 15 is 0 Å². The highest BCUT2D eigenvalue weighted by Crippen LogP contribution is 2.33. The third-order valence-corrected chi connectivity index (χ3v) is 4.93. The molecule has 0 saturated carbocycles. The lowest BCUT2D eigenvalue weighted by Gasteiger charge is -2.22. The molecule has 11 heteroatoms. The molecule has 3 aromatic rings. The molecular weight excluding hydrogens is 387 g/mol. The van der Waals surface area contributed by atoms with Gasteiger partial charge in [-0.25, -0.2) is 15.0 Å². The number of halogens is 3. The Balaban J connectivity index is 1.82. The predicted molar refractivity (Wildman–Crippen MR) is 99.6 cm³/mol. The van der Waals surface area contributed by atoms with E-state index in [9.17, 15) is 18.3 Å². The fourth-order valence-electron chi connectivity index (χ4n) is 3.38. The van der Waals surface area contributed by atoms with Gasteiger partial charge in [0.2, 0.25) is 0 Å². The third-order valence-electron chi connectivity index (χ3n) is 4.93. The van der Waals surface area contributed by atoms with E-state index in [1.165, 1.54) is 6.33 Å². The van der Waals surface area contributed by atoms with Crippen molar-refractivity contribution in [3.8, 4) is 0 Å². The molecule has 1 aliphatic rings. The van der Waals surface area contributed by atoms with Crippen LogP contribution in [0.4, 0.5) is 19.0 Å². The lowest BCUT2D eigenvalue weighted by molar-refractivity contribution is -0.138. The first kappa shape index (κ1) is 19.6. The maximum Gasteiger partial charge on any atom is 0.419 e. The minimum atomic E-state index is -4.50. The van der Waals surface area contributed by atoms with Crippen molar-refractivity contribution in [3.05, 3.63) is 29.6 Å². The number of hydrogen-bond donors (Lipinski definition) is 2. The molecule has 156 valence electrons. The summed E-state index contributed by atoms with van der Waals surface area (Å²) in [4.78, 5) is 15.6. The summed E-state index contributed by atoms with van der Waals surface area (Å²) in [5.74, 6) is 1.15. The van der Waals surface area contributed by atoms with Crippen molar-refractivity contribution in [1.82, 2.24) is 29.7 Å². The van der Waals surface area contributed by atoms with Gasteiger partial charge in [-0.2, -0.15) is 18.3 Å². The molecule has 1 aliphatic heterocycles. The molecule has 3 aromatic heterocycles. The number of β-amino-alcohol motifs (C(OH)–C–C–N with tert-alkyl or cyclic N) is 1. The molecule has 4 rings (SSSR count). The number of rotatable bonds is 3. The number of nitrogens with zero attached hydrogens (tertiary/aromatic N) is 6. The number of fused-ring (bicyclic) bond motifs is 1. The van der Waals surface area contributed by atoms with Crippen molar-refractivity contribution < 1.29 is 18.3 Å². The SMILES string of the molecule is CC(C)(C)c1nc(N2CCC(O)C2)c2ncn(Cc3[nH]ncc3C(F)(F)F)c2n1. The molecular formula is C18H22F3N7O. The molecule has 1 atom stereocenters. The summed E-state index contributed by atoms with van der Waals surface area (Å²) in [5, 5.41) is 15.9. The molecule has 0 aliphatic carbocycles. The molecule has 2 N–H and O–H groups in total. The standard InChI is InChI=1S/C18H22F3N7O/c1-17(2,3)16-24-14(27-5-4-10(29)7-27)13-15(25-16)28(9-22-13)8-12-11(6-23-26-12)18(19,20)21/h6,9-10,29H,4-5,7-8H2,1-3H3,(H,23,26). The van der Waals surface area contributed by atoms with Crippen LogP contribution in [0.15, 0.2) is 12.5 Å². The van der Waals surface area contributed by atoms with E-state index in [1.54, 1.807) is 4.57 Å². The Morgan fingerprint density at radius 1 is 1.24 bits per heavy atom. The minimum Gasteiger partial charge on any atom is -0.391 e. The van der Waals surface area contributed by atoms with Gasteiger partial charge in [0.1, 0.15) is 5.82 Å². The van der Waals surface area contributed by atoms with Crippen LogP contribution in [0.2, 0.25) is 0 Å². The monoisotopic (exact) mass is 409 g/mol. The van der Waals surface area contributed by atoms with Crippen LogP contribution in [-0.2, 0) is 18.1 Å². The van der Waals surface area contributed by atoms with Gasteiger partial charge in [0.05, 0.1) is 36.4 Å². The first-order valence-electron chi connectivity index (χ1n) is 9.30. The van der Waals surface area contributed by atoms with Crippen molar-refractivity contribution in [1.29, 1.82) is 0 Å². The average Bonchev–Trinajstić information content (AvgIpc) is 3.33. The van der Waals surface area contributed by atoms with Gasteiger partial charge in [0, 0.05) is 18.5 Å². The highest BCUT2D eigenvalue weighted by molar-refractivity contribution is 5.84. The highest BCUT2D eigenvalue weighted by Gasteiger charge is 2.35. The first-order chi connectivity index (χ1) is 13.5. The number of aliphatic hydroxyl groups excluding tert-OH is 1. The van der Waals surface area contributed by atoms with Gasteiger partial charge in [0.25, 0.3) is 0 Å². The van der Waals surface area contributed by atoms with Crippen molar-refractivity contribution in [2.75, 3.05) is 18.0 Å². The molecule has 0 amide bonds. The van der Waals surface area contributed by atoms with Crippen LogP contribution in [0.25, 0.3) is 11.2 Å². The molecule has 0 radical (unpaired) electrons. The van der Waals surface area contributed by atoms with Crippen LogP contribution in [0, 0.1) is 0 Å². The van der Waals surface area contributed by atoms with Crippen LogP contribution in [0.3, 0.4) is 0 Å². The number of imidazole rings is 1. The minimum absolute atomic E-state index is 0.0640. The Labute approximate surface area is 164 Å². The molecule has 4 heterocycles.